The summed E-state index contributed by atoms with van der Waals surface area (Å²) in [6.45, 7) is 3.74. The van der Waals surface area contributed by atoms with Gasteiger partial charge in [-0.25, -0.2) is 9.68 Å². The molecular formula is C5H10O6. The standard InChI is InChI=1S/C5H10O6/c1-3-8-4(2)9-11-10-5(6)7/h4H,3H2,1-2H3,(H,6,7). The minimum absolute atomic E-state index is 0.442. The first-order valence-corrected chi connectivity index (χ1v) is 3.01. The number of ether oxygens (including phenoxy) is 1. The average molecular weight is 166 g/mol. The zero-order chi connectivity index (χ0) is 8.69. The fourth-order valence-electron chi connectivity index (χ4n) is 0.367. The summed E-state index contributed by atoms with van der Waals surface area (Å²) in [7, 11) is 0. The predicted molar refractivity (Wildman–Crippen MR) is 32.4 cm³/mol. The molecule has 0 amide bonds. The Bertz CT molecular complexity index is 114. The van der Waals surface area contributed by atoms with Crippen molar-refractivity contribution in [3.05, 3.63) is 0 Å². The number of hydrogen-bond donors (Lipinski definition) is 1. The molecule has 0 aliphatic carbocycles. The zero-order valence-electron chi connectivity index (χ0n) is 6.27. The van der Waals surface area contributed by atoms with Gasteiger partial charge in [0.15, 0.2) is 6.29 Å². The van der Waals surface area contributed by atoms with Crippen LogP contribution in [0.15, 0.2) is 0 Å². The van der Waals surface area contributed by atoms with E-state index in [-0.39, 0.29) is 0 Å². The molecule has 66 valence electrons. The highest BCUT2D eigenvalue weighted by Gasteiger charge is 2.04. The molecule has 6 heteroatoms. The Labute approximate surface area is 63.5 Å². The molecule has 11 heavy (non-hydrogen) atoms. The summed E-state index contributed by atoms with van der Waals surface area (Å²) < 4.78 is 4.80. The second kappa shape index (κ2) is 5.90. The van der Waals surface area contributed by atoms with Crippen molar-refractivity contribution >= 4 is 6.16 Å². The van der Waals surface area contributed by atoms with Crippen molar-refractivity contribution in [2.75, 3.05) is 6.61 Å². The maximum Gasteiger partial charge on any atom is 0.540 e. The summed E-state index contributed by atoms with van der Waals surface area (Å²) in [6.07, 6.45) is -2.23. The van der Waals surface area contributed by atoms with E-state index in [0.29, 0.717) is 6.61 Å². The molecule has 0 fully saturated rings. The fourth-order valence-corrected chi connectivity index (χ4v) is 0.367. The third-order valence-electron chi connectivity index (χ3n) is 0.681. The third-order valence-corrected chi connectivity index (χ3v) is 0.681. The van der Waals surface area contributed by atoms with Gasteiger partial charge < -0.3 is 9.84 Å². The van der Waals surface area contributed by atoms with Crippen LogP contribution in [0.5, 0.6) is 0 Å². The van der Waals surface area contributed by atoms with E-state index in [1.54, 1.807) is 6.92 Å². The molecular weight excluding hydrogens is 156 g/mol. The second-order valence-corrected chi connectivity index (χ2v) is 1.54. The van der Waals surface area contributed by atoms with Crippen LogP contribution in [0.3, 0.4) is 0 Å². The van der Waals surface area contributed by atoms with E-state index in [0.717, 1.165) is 0 Å². The van der Waals surface area contributed by atoms with Crippen LogP contribution >= 0.6 is 0 Å². The first kappa shape index (κ1) is 10.2. The molecule has 0 aliphatic heterocycles. The predicted octanol–water partition coefficient (Wildman–Crippen LogP) is 0.927. The van der Waals surface area contributed by atoms with E-state index in [1.807, 2.05) is 0 Å². The topological polar surface area (TPSA) is 74.2 Å². The van der Waals surface area contributed by atoms with E-state index in [9.17, 15) is 4.79 Å². The summed E-state index contributed by atoms with van der Waals surface area (Å²) in [5, 5.41) is 11.7. The minimum atomic E-state index is -1.58. The lowest BCUT2D eigenvalue weighted by Crippen LogP contribution is -2.14. The van der Waals surface area contributed by atoms with Crippen LogP contribution in [0, 0.1) is 0 Å². The molecule has 0 heterocycles. The first-order chi connectivity index (χ1) is 5.16. The summed E-state index contributed by atoms with van der Waals surface area (Å²) in [4.78, 5) is 17.5. The van der Waals surface area contributed by atoms with Gasteiger partial charge in [-0.2, -0.15) is 4.89 Å². The molecule has 1 N–H and O–H groups in total. The summed E-state index contributed by atoms with van der Waals surface area (Å²) in [6, 6.07) is 0. The van der Waals surface area contributed by atoms with Crippen molar-refractivity contribution in [1.82, 2.24) is 0 Å². The van der Waals surface area contributed by atoms with Gasteiger partial charge in [0.05, 0.1) is 0 Å². The maximum atomic E-state index is 9.67. The molecule has 0 aromatic heterocycles. The SMILES string of the molecule is CCOC(C)OOOC(=O)O. The highest BCUT2D eigenvalue weighted by atomic mass is 17.5. The monoisotopic (exact) mass is 166 g/mol. The van der Waals surface area contributed by atoms with Gasteiger partial charge in [-0.3, -0.25) is 0 Å². The van der Waals surface area contributed by atoms with Crippen LogP contribution < -0.4 is 0 Å². The number of carboxylic acid groups (broad SMARTS) is 1. The van der Waals surface area contributed by atoms with E-state index < -0.39 is 12.4 Å². The summed E-state index contributed by atoms with van der Waals surface area (Å²) in [5.41, 5.74) is 0. The smallest absolute Gasteiger partial charge is 0.448 e. The van der Waals surface area contributed by atoms with Crippen molar-refractivity contribution in [3.8, 4) is 0 Å². The second-order valence-electron chi connectivity index (χ2n) is 1.54. The van der Waals surface area contributed by atoms with Crippen LogP contribution in [0.4, 0.5) is 4.79 Å². The molecule has 0 aromatic carbocycles. The highest BCUT2D eigenvalue weighted by molar-refractivity contribution is 5.55. The van der Waals surface area contributed by atoms with Crippen molar-refractivity contribution < 1.29 is 29.5 Å². The van der Waals surface area contributed by atoms with Gasteiger partial charge in [0.25, 0.3) is 0 Å². The van der Waals surface area contributed by atoms with Gasteiger partial charge in [0.2, 0.25) is 0 Å². The van der Waals surface area contributed by atoms with Crippen molar-refractivity contribution in [3.63, 3.8) is 0 Å². The molecule has 0 saturated carbocycles. The molecule has 0 bridgehead atoms. The maximum absolute atomic E-state index is 9.67. The van der Waals surface area contributed by atoms with Gasteiger partial charge in [0, 0.05) is 6.61 Å². The molecule has 1 atom stereocenters. The van der Waals surface area contributed by atoms with Crippen LogP contribution in [-0.4, -0.2) is 24.2 Å². The largest absolute Gasteiger partial charge is 0.540 e. The quantitative estimate of drug-likeness (QED) is 0.372. The molecule has 0 radical (unpaired) electrons. The first-order valence-electron chi connectivity index (χ1n) is 3.01. The number of hydrogen-bond acceptors (Lipinski definition) is 5. The molecule has 0 spiro atoms. The van der Waals surface area contributed by atoms with Crippen molar-refractivity contribution in [2.45, 2.75) is 20.1 Å². The third kappa shape index (κ3) is 7.04. The van der Waals surface area contributed by atoms with Crippen LogP contribution in [0.25, 0.3) is 0 Å². The van der Waals surface area contributed by atoms with Crippen LogP contribution in [-0.2, 0) is 19.6 Å². The van der Waals surface area contributed by atoms with Gasteiger partial charge in [-0.15, -0.1) is 0 Å². The summed E-state index contributed by atoms with van der Waals surface area (Å²) in [5.74, 6) is 0. The van der Waals surface area contributed by atoms with E-state index in [2.05, 4.69) is 14.8 Å². The fraction of sp³-hybridized carbons (Fsp3) is 0.800. The van der Waals surface area contributed by atoms with Gasteiger partial charge >= 0.3 is 6.16 Å². The normalized spacial score (nSPS) is 12.5. The van der Waals surface area contributed by atoms with E-state index >= 15 is 0 Å². The van der Waals surface area contributed by atoms with E-state index in [1.165, 1.54) is 6.92 Å². The number of rotatable bonds is 5. The van der Waals surface area contributed by atoms with E-state index in [4.69, 9.17) is 9.84 Å². The number of carbonyl (C=O) groups is 1. The van der Waals surface area contributed by atoms with Gasteiger partial charge in [0.1, 0.15) is 0 Å². The Morgan fingerprint density at radius 1 is 1.64 bits per heavy atom. The Morgan fingerprint density at radius 2 is 2.27 bits per heavy atom. The minimum Gasteiger partial charge on any atom is -0.448 e. The average Bonchev–Trinajstić information content (AvgIpc) is 1.87. The summed E-state index contributed by atoms with van der Waals surface area (Å²) >= 11 is 0. The highest BCUT2D eigenvalue weighted by Crippen LogP contribution is 1.94. The molecule has 6 nitrogen and oxygen atoms in total. The lowest BCUT2D eigenvalue weighted by atomic mass is 10.7. The lowest BCUT2D eigenvalue weighted by molar-refractivity contribution is -0.521. The van der Waals surface area contributed by atoms with Crippen molar-refractivity contribution in [1.29, 1.82) is 0 Å². The Kier molecular flexibility index (Phi) is 5.44. The molecule has 0 rings (SSSR count). The molecule has 0 aromatic rings. The lowest BCUT2D eigenvalue weighted by Gasteiger charge is -2.07. The van der Waals surface area contributed by atoms with Crippen LogP contribution in [0.1, 0.15) is 13.8 Å². The van der Waals surface area contributed by atoms with Crippen molar-refractivity contribution in [2.24, 2.45) is 0 Å². The van der Waals surface area contributed by atoms with Gasteiger partial charge in [-0.05, 0) is 18.9 Å². The van der Waals surface area contributed by atoms with Gasteiger partial charge in [-0.1, -0.05) is 0 Å². The van der Waals surface area contributed by atoms with Crippen LogP contribution in [0.2, 0.25) is 0 Å². The molecule has 0 aliphatic rings. The Hall–Kier alpha value is -0.850. The zero-order valence-corrected chi connectivity index (χ0v) is 6.27. The molecule has 0 saturated heterocycles. The Balaban J connectivity index is 3.16. The molecule has 1 unspecified atom stereocenters. The Morgan fingerprint density at radius 3 is 2.73 bits per heavy atom.